The highest BCUT2D eigenvalue weighted by Gasteiger charge is 2.25. The molecule has 0 saturated heterocycles. The minimum Gasteiger partial charge on any atom is -0.342 e. The molecule has 1 aromatic heterocycles. The van der Waals surface area contributed by atoms with Crippen LogP contribution in [0.4, 0.5) is 14.5 Å². The minimum absolute atomic E-state index is 0.0204. The van der Waals surface area contributed by atoms with Crippen molar-refractivity contribution in [1.82, 2.24) is 19.8 Å². The first-order valence-corrected chi connectivity index (χ1v) is 14.0. The van der Waals surface area contributed by atoms with E-state index in [4.69, 9.17) is 0 Å². The van der Waals surface area contributed by atoms with Crippen LogP contribution < -0.4 is 4.90 Å². The predicted octanol–water partition coefficient (Wildman–Crippen LogP) is 5.87. The Balaban J connectivity index is 1.52. The molecule has 41 heavy (non-hydrogen) atoms. The molecular formula is C32H35F2N5O2. The number of anilines is 1. The second-order valence-corrected chi connectivity index (χ2v) is 10.9. The van der Waals surface area contributed by atoms with Gasteiger partial charge in [-0.15, -0.1) is 0 Å². The number of fused-ring (bicyclic) bond motifs is 2. The summed E-state index contributed by atoms with van der Waals surface area (Å²) >= 11 is 0. The Hall–Kier alpha value is -4.11. The molecule has 1 N–H and O–H groups in total. The summed E-state index contributed by atoms with van der Waals surface area (Å²) in [5, 5.41) is 0. The van der Waals surface area contributed by atoms with E-state index in [2.05, 4.69) is 27.0 Å². The number of imidazole rings is 1. The van der Waals surface area contributed by atoms with Crippen LogP contribution >= 0.6 is 0 Å². The lowest BCUT2D eigenvalue weighted by Gasteiger charge is -2.28. The summed E-state index contributed by atoms with van der Waals surface area (Å²) in [6.45, 7) is 8.15. The molecule has 0 fully saturated rings. The van der Waals surface area contributed by atoms with Gasteiger partial charge in [-0.3, -0.25) is 14.5 Å². The Bertz CT molecular complexity index is 1550. The summed E-state index contributed by atoms with van der Waals surface area (Å²) in [4.78, 5) is 40.0. The van der Waals surface area contributed by atoms with Crippen molar-refractivity contribution in [3.8, 4) is 0 Å². The summed E-state index contributed by atoms with van der Waals surface area (Å²) in [6, 6.07) is 17.6. The Morgan fingerprint density at radius 1 is 0.951 bits per heavy atom. The van der Waals surface area contributed by atoms with Gasteiger partial charge in [0, 0.05) is 63.7 Å². The van der Waals surface area contributed by atoms with Crippen LogP contribution in [0.25, 0.3) is 11.0 Å². The van der Waals surface area contributed by atoms with Gasteiger partial charge in [-0.05, 0) is 41.8 Å². The van der Waals surface area contributed by atoms with E-state index in [0.717, 1.165) is 34.6 Å². The normalized spacial score (nSPS) is 15.2. The first-order chi connectivity index (χ1) is 19.7. The van der Waals surface area contributed by atoms with Crippen LogP contribution in [-0.4, -0.2) is 57.8 Å². The van der Waals surface area contributed by atoms with Gasteiger partial charge in [0.05, 0.1) is 16.7 Å². The Labute approximate surface area is 238 Å². The van der Waals surface area contributed by atoms with Gasteiger partial charge in [0.15, 0.2) is 11.6 Å². The topological polar surface area (TPSA) is 72.5 Å². The molecule has 2 amide bonds. The number of hydrogen-bond acceptors (Lipinski definition) is 4. The lowest BCUT2D eigenvalue weighted by molar-refractivity contribution is -0.116. The summed E-state index contributed by atoms with van der Waals surface area (Å²) in [5.41, 5.74) is 3.82. The zero-order valence-electron chi connectivity index (χ0n) is 23.7. The number of rotatable bonds is 4. The Kier molecular flexibility index (Phi) is 8.44. The molecule has 5 rings (SSSR count). The molecule has 2 heterocycles. The molecule has 1 aliphatic rings. The van der Waals surface area contributed by atoms with Crippen molar-refractivity contribution in [2.75, 3.05) is 31.1 Å². The number of aromatic nitrogens is 2. The van der Waals surface area contributed by atoms with E-state index >= 15 is 0 Å². The Morgan fingerprint density at radius 2 is 1.71 bits per heavy atom. The fourth-order valence-corrected chi connectivity index (χ4v) is 5.31. The van der Waals surface area contributed by atoms with Gasteiger partial charge >= 0.3 is 0 Å². The van der Waals surface area contributed by atoms with Gasteiger partial charge in [-0.2, -0.15) is 0 Å². The van der Waals surface area contributed by atoms with Crippen LogP contribution in [-0.2, 0) is 17.9 Å². The van der Waals surface area contributed by atoms with Gasteiger partial charge in [-0.1, -0.05) is 44.2 Å². The van der Waals surface area contributed by atoms with E-state index in [1.165, 1.54) is 11.8 Å². The van der Waals surface area contributed by atoms with E-state index in [9.17, 15) is 18.4 Å². The molecule has 0 unspecified atom stereocenters. The molecule has 3 aromatic carbocycles. The highest BCUT2D eigenvalue weighted by atomic mass is 19.2. The molecule has 0 saturated carbocycles. The van der Waals surface area contributed by atoms with Crippen molar-refractivity contribution in [3.05, 3.63) is 94.8 Å². The average Bonchev–Trinajstić information content (AvgIpc) is 3.38. The summed E-state index contributed by atoms with van der Waals surface area (Å²) in [7, 11) is 0. The van der Waals surface area contributed by atoms with Crippen LogP contribution in [0.5, 0.6) is 0 Å². The van der Waals surface area contributed by atoms with E-state index in [-0.39, 0.29) is 30.0 Å². The predicted molar refractivity (Wildman–Crippen MR) is 156 cm³/mol. The monoisotopic (exact) mass is 559 g/mol. The molecular weight excluding hydrogens is 524 g/mol. The van der Waals surface area contributed by atoms with Crippen LogP contribution in [0.2, 0.25) is 0 Å². The first kappa shape index (κ1) is 28.4. The Morgan fingerprint density at radius 3 is 2.44 bits per heavy atom. The highest BCUT2D eigenvalue weighted by molar-refractivity contribution is 5.97. The number of halogens is 2. The van der Waals surface area contributed by atoms with Gasteiger partial charge < -0.3 is 14.8 Å². The molecule has 0 bridgehead atoms. The second-order valence-electron chi connectivity index (χ2n) is 10.9. The standard InChI is InChI=1S/C32H35F2N5O2/c1-21(2)31-35-28-11-10-24(17-29(28)36-31)32(41)38-15-14-37(19-23-8-5-4-6-9-23)12-7-13-39(22(3)40)30-18-27(34)26(33)16-25(30)20-38/h4-6,8-11,16-18,21H,7,12-15,19-20H2,1-3H3,(H,35,36). The number of carbonyl (C=O) groups is 2. The SMILES string of the molecule is CC(=O)N1CCCN(Cc2ccccc2)CCN(C(=O)c2ccc3nc(C(C)C)[nH]c3c2)Cc2cc(F)c(F)cc21. The van der Waals surface area contributed by atoms with Crippen LogP contribution in [0.15, 0.2) is 60.7 Å². The quantitative estimate of drug-likeness (QED) is 0.340. The first-order valence-electron chi connectivity index (χ1n) is 14.0. The number of carbonyl (C=O) groups excluding carboxylic acids is 2. The van der Waals surface area contributed by atoms with Crippen molar-refractivity contribution in [2.45, 2.75) is 46.2 Å². The van der Waals surface area contributed by atoms with Crippen LogP contribution in [0.1, 0.15) is 60.4 Å². The molecule has 0 aliphatic carbocycles. The maximum Gasteiger partial charge on any atom is 0.254 e. The van der Waals surface area contributed by atoms with E-state index in [1.54, 1.807) is 17.0 Å². The molecule has 0 atom stereocenters. The fourth-order valence-electron chi connectivity index (χ4n) is 5.31. The third-order valence-electron chi connectivity index (χ3n) is 7.53. The number of H-pyrrole nitrogens is 1. The summed E-state index contributed by atoms with van der Waals surface area (Å²) < 4.78 is 29.0. The average molecular weight is 560 g/mol. The molecule has 7 nitrogen and oxygen atoms in total. The van der Waals surface area contributed by atoms with Crippen molar-refractivity contribution in [2.24, 2.45) is 0 Å². The number of aromatic amines is 1. The fraction of sp³-hybridized carbons (Fsp3) is 0.344. The number of benzene rings is 3. The maximum atomic E-state index is 14.5. The number of nitrogens with zero attached hydrogens (tertiary/aromatic N) is 4. The third kappa shape index (κ3) is 6.46. The van der Waals surface area contributed by atoms with E-state index in [1.807, 2.05) is 38.1 Å². The van der Waals surface area contributed by atoms with Crippen molar-refractivity contribution in [1.29, 1.82) is 0 Å². The zero-order chi connectivity index (χ0) is 29.1. The molecule has 214 valence electrons. The minimum atomic E-state index is -1.03. The lowest BCUT2D eigenvalue weighted by Crippen LogP contribution is -2.38. The second kappa shape index (κ2) is 12.2. The molecule has 0 spiro atoms. The smallest absolute Gasteiger partial charge is 0.254 e. The van der Waals surface area contributed by atoms with Crippen molar-refractivity contribution < 1.29 is 18.4 Å². The lowest BCUT2D eigenvalue weighted by atomic mass is 10.1. The molecule has 0 radical (unpaired) electrons. The van der Waals surface area contributed by atoms with Gasteiger partial charge in [0.1, 0.15) is 5.82 Å². The van der Waals surface area contributed by atoms with Crippen LogP contribution in [0, 0.1) is 11.6 Å². The number of hydrogen-bond donors (Lipinski definition) is 1. The van der Waals surface area contributed by atoms with Crippen LogP contribution in [0.3, 0.4) is 0 Å². The molecule has 1 aliphatic heterocycles. The van der Waals surface area contributed by atoms with Crippen molar-refractivity contribution >= 4 is 28.5 Å². The van der Waals surface area contributed by atoms with Gasteiger partial charge in [0.25, 0.3) is 5.91 Å². The maximum absolute atomic E-state index is 14.5. The van der Waals surface area contributed by atoms with Crippen molar-refractivity contribution in [3.63, 3.8) is 0 Å². The molecule has 9 heteroatoms. The van der Waals surface area contributed by atoms with E-state index in [0.29, 0.717) is 50.3 Å². The third-order valence-corrected chi connectivity index (χ3v) is 7.53. The zero-order valence-corrected chi connectivity index (χ0v) is 23.7. The van der Waals surface area contributed by atoms with Gasteiger partial charge in [-0.25, -0.2) is 13.8 Å². The highest BCUT2D eigenvalue weighted by Crippen LogP contribution is 2.28. The van der Waals surface area contributed by atoms with Gasteiger partial charge in [0.2, 0.25) is 5.91 Å². The molecule has 4 aromatic rings. The van der Waals surface area contributed by atoms with E-state index < -0.39 is 11.6 Å². The largest absolute Gasteiger partial charge is 0.342 e. The number of amides is 2. The summed E-state index contributed by atoms with van der Waals surface area (Å²) in [6.07, 6.45) is 0.632. The summed E-state index contributed by atoms with van der Waals surface area (Å²) in [5.74, 6) is -1.50. The number of nitrogens with one attached hydrogen (secondary N) is 1.